The second kappa shape index (κ2) is 9.02. The Morgan fingerprint density at radius 1 is 1.25 bits per heavy atom. The first-order chi connectivity index (χ1) is 5.81. The predicted octanol–water partition coefficient (Wildman–Crippen LogP) is 2.40. The topological polar surface area (TPSA) is 27.0 Å². The normalized spacial score (nSPS) is 10.2. The summed E-state index contributed by atoms with van der Waals surface area (Å²) in [5.41, 5.74) is 0. The molecule has 70 valence electrons. The van der Waals surface area contributed by atoms with E-state index in [0.717, 1.165) is 18.4 Å². The number of halogens is 1. The van der Waals surface area contributed by atoms with Gasteiger partial charge in [0.15, 0.2) is 0 Å². The Hall–Kier alpha value is -0.0700. The second-order valence-corrected chi connectivity index (χ2v) is 3.75. The van der Waals surface area contributed by atoms with E-state index in [4.69, 9.17) is 5.26 Å². The monoisotopic (exact) mass is 232 g/mol. The van der Waals surface area contributed by atoms with Crippen LogP contribution in [0, 0.1) is 11.3 Å². The van der Waals surface area contributed by atoms with Crippen LogP contribution in [0.15, 0.2) is 0 Å². The van der Waals surface area contributed by atoms with Crippen LogP contribution >= 0.6 is 15.9 Å². The molecule has 0 aliphatic carbocycles. The van der Waals surface area contributed by atoms with Crippen molar-refractivity contribution in [2.24, 2.45) is 0 Å². The Morgan fingerprint density at radius 2 is 2.00 bits per heavy atom. The number of rotatable bonds is 7. The largest absolute Gasteiger partial charge is 0.305 e. The molecule has 0 bridgehead atoms. The van der Waals surface area contributed by atoms with Crippen LogP contribution < -0.4 is 0 Å². The molecule has 0 amide bonds. The highest BCUT2D eigenvalue weighted by Crippen LogP contribution is 1.99. The van der Waals surface area contributed by atoms with Crippen molar-refractivity contribution in [3.63, 3.8) is 0 Å². The number of unbranched alkanes of at least 4 members (excludes halogenated alkanes) is 2. The molecule has 0 atom stereocenters. The van der Waals surface area contributed by atoms with E-state index in [1.165, 1.54) is 19.3 Å². The van der Waals surface area contributed by atoms with Gasteiger partial charge in [-0.1, -0.05) is 22.4 Å². The minimum absolute atomic E-state index is 0.648. The lowest BCUT2D eigenvalue weighted by atomic mass is 10.2. The average molecular weight is 233 g/mol. The molecule has 0 aromatic carbocycles. The van der Waals surface area contributed by atoms with Crippen molar-refractivity contribution in [1.82, 2.24) is 4.90 Å². The molecule has 0 heterocycles. The van der Waals surface area contributed by atoms with Crippen LogP contribution in [0.4, 0.5) is 0 Å². The third-order valence-corrected chi connectivity index (χ3v) is 2.34. The summed E-state index contributed by atoms with van der Waals surface area (Å²) < 4.78 is 0. The standard InChI is InChI=1S/C9H17BrN2/c1-12(9-5-7-11)8-4-2-3-6-10/h2-6,8-9H2,1H3. The number of nitriles is 1. The first-order valence-corrected chi connectivity index (χ1v) is 5.55. The fourth-order valence-corrected chi connectivity index (χ4v) is 1.40. The van der Waals surface area contributed by atoms with Crippen LogP contribution in [-0.2, 0) is 0 Å². The van der Waals surface area contributed by atoms with E-state index in [9.17, 15) is 0 Å². The van der Waals surface area contributed by atoms with Crippen molar-refractivity contribution in [2.75, 3.05) is 25.5 Å². The van der Waals surface area contributed by atoms with Gasteiger partial charge in [-0.05, 0) is 26.4 Å². The van der Waals surface area contributed by atoms with Gasteiger partial charge in [-0.15, -0.1) is 0 Å². The molecule has 0 radical (unpaired) electrons. The number of hydrogen-bond donors (Lipinski definition) is 0. The van der Waals surface area contributed by atoms with Gasteiger partial charge in [0.1, 0.15) is 0 Å². The molecule has 0 aliphatic rings. The zero-order chi connectivity index (χ0) is 9.23. The van der Waals surface area contributed by atoms with Gasteiger partial charge >= 0.3 is 0 Å². The molecule has 0 rings (SSSR count). The minimum Gasteiger partial charge on any atom is -0.305 e. The fraction of sp³-hybridized carbons (Fsp3) is 0.889. The lowest BCUT2D eigenvalue weighted by Gasteiger charge is -2.13. The van der Waals surface area contributed by atoms with Gasteiger partial charge in [0.05, 0.1) is 6.07 Å². The molecule has 0 spiro atoms. The van der Waals surface area contributed by atoms with Gasteiger partial charge in [-0.3, -0.25) is 0 Å². The molecule has 2 nitrogen and oxygen atoms in total. The highest BCUT2D eigenvalue weighted by molar-refractivity contribution is 9.09. The summed E-state index contributed by atoms with van der Waals surface area (Å²) in [6.45, 7) is 2.03. The molecule has 0 N–H and O–H groups in total. The van der Waals surface area contributed by atoms with Crippen LogP contribution in [-0.4, -0.2) is 30.4 Å². The van der Waals surface area contributed by atoms with Gasteiger partial charge in [-0.2, -0.15) is 5.26 Å². The smallest absolute Gasteiger partial charge is 0.0635 e. The molecular weight excluding hydrogens is 216 g/mol. The Labute approximate surface area is 83.7 Å². The van der Waals surface area contributed by atoms with Crippen LogP contribution in [0.2, 0.25) is 0 Å². The molecule has 0 saturated heterocycles. The van der Waals surface area contributed by atoms with Crippen LogP contribution in [0.3, 0.4) is 0 Å². The summed E-state index contributed by atoms with van der Waals surface area (Å²) in [6.07, 6.45) is 4.43. The number of nitrogens with zero attached hydrogens (tertiary/aromatic N) is 2. The maximum absolute atomic E-state index is 8.34. The van der Waals surface area contributed by atoms with Crippen molar-refractivity contribution < 1.29 is 0 Å². The quantitative estimate of drug-likeness (QED) is 0.498. The van der Waals surface area contributed by atoms with Crippen molar-refractivity contribution >= 4 is 15.9 Å². The molecule has 0 aromatic heterocycles. The highest BCUT2D eigenvalue weighted by atomic mass is 79.9. The number of hydrogen-bond acceptors (Lipinski definition) is 2. The molecule has 0 aliphatic heterocycles. The Morgan fingerprint density at radius 3 is 2.58 bits per heavy atom. The Balaban J connectivity index is 3.09. The maximum atomic E-state index is 8.34. The highest BCUT2D eigenvalue weighted by Gasteiger charge is 1.96. The summed E-state index contributed by atoms with van der Waals surface area (Å²) >= 11 is 3.40. The summed E-state index contributed by atoms with van der Waals surface area (Å²) in [4.78, 5) is 2.22. The van der Waals surface area contributed by atoms with Crippen LogP contribution in [0.25, 0.3) is 0 Å². The fourth-order valence-electron chi connectivity index (χ4n) is 1.01. The van der Waals surface area contributed by atoms with Gasteiger partial charge in [-0.25, -0.2) is 0 Å². The molecule has 0 aromatic rings. The molecule has 0 unspecified atom stereocenters. The lowest BCUT2D eigenvalue weighted by molar-refractivity contribution is 0.333. The third-order valence-electron chi connectivity index (χ3n) is 1.78. The van der Waals surface area contributed by atoms with Gasteiger partial charge in [0.25, 0.3) is 0 Å². The molecule has 0 fully saturated rings. The van der Waals surface area contributed by atoms with Crippen LogP contribution in [0.5, 0.6) is 0 Å². The predicted molar refractivity (Wildman–Crippen MR) is 55.4 cm³/mol. The maximum Gasteiger partial charge on any atom is 0.0635 e. The van der Waals surface area contributed by atoms with E-state index in [2.05, 4.69) is 33.9 Å². The minimum atomic E-state index is 0.648. The zero-order valence-corrected chi connectivity index (χ0v) is 9.31. The summed E-state index contributed by atoms with van der Waals surface area (Å²) in [5.74, 6) is 0. The molecule has 0 saturated carbocycles. The van der Waals surface area contributed by atoms with Crippen molar-refractivity contribution in [2.45, 2.75) is 25.7 Å². The molecule has 12 heavy (non-hydrogen) atoms. The number of alkyl halides is 1. The summed E-state index contributed by atoms with van der Waals surface area (Å²) in [6, 6.07) is 2.15. The first-order valence-electron chi connectivity index (χ1n) is 4.42. The summed E-state index contributed by atoms with van der Waals surface area (Å²) in [7, 11) is 2.07. The SMILES string of the molecule is CN(CCC#N)CCCCCBr. The first kappa shape index (κ1) is 11.9. The molecule has 3 heteroatoms. The van der Waals surface area contributed by atoms with E-state index in [1.807, 2.05) is 0 Å². The second-order valence-electron chi connectivity index (χ2n) is 2.96. The van der Waals surface area contributed by atoms with Gasteiger partial charge in [0.2, 0.25) is 0 Å². The van der Waals surface area contributed by atoms with E-state index in [0.29, 0.717) is 6.42 Å². The van der Waals surface area contributed by atoms with Crippen LogP contribution in [0.1, 0.15) is 25.7 Å². The van der Waals surface area contributed by atoms with E-state index in [-0.39, 0.29) is 0 Å². The summed E-state index contributed by atoms with van der Waals surface area (Å²) in [5, 5.41) is 9.45. The average Bonchev–Trinajstić information content (AvgIpc) is 2.09. The van der Waals surface area contributed by atoms with E-state index in [1.54, 1.807) is 0 Å². The van der Waals surface area contributed by atoms with E-state index >= 15 is 0 Å². The lowest BCUT2D eigenvalue weighted by Crippen LogP contribution is -2.20. The Bertz CT molecular complexity index is 131. The third kappa shape index (κ3) is 8.03. The van der Waals surface area contributed by atoms with Gasteiger partial charge in [0, 0.05) is 18.3 Å². The van der Waals surface area contributed by atoms with E-state index < -0.39 is 0 Å². The van der Waals surface area contributed by atoms with Crippen molar-refractivity contribution in [1.29, 1.82) is 5.26 Å². The van der Waals surface area contributed by atoms with Crippen molar-refractivity contribution in [3.05, 3.63) is 0 Å². The van der Waals surface area contributed by atoms with Crippen molar-refractivity contribution in [3.8, 4) is 6.07 Å². The Kier molecular flexibility index (Phi) is 8.97. The zero-order valence-electron chi connectivity index (χ0n) is 7.72. The van der Waals surface area contributed by atoms with Gasteiger partial charge < -0.3 is 4.90 Å². The molecular formula is C9H17BrN2.